The Kier molecular flexibility index (Phi) is 21.5. The van der Waals surface area contributed by atoms with Gasteiger partial charge < -0.3 is 18.1 Å². The maximum Gasteiger partial charge on any atom is 0.238 e. The van der Waals surface area contributed by atoms with Gasteiger partial charge >= 0.3 is 0 Å². The lowest BCUT2D eigenvalue weighted by atomic mass is 9.99. The number of benzene rings is 21. The van der Waals surface area contributed by atoms with E-state index in [1.807, 2.05) is 133 Å². The molecule has 0 atom stereocenters. The van der Waals surface area contributed by atoms with E-state index in [0.29, 0.717) is 52.7 Å². The highest BCUT2D eigenvalue weighted by Gasteiger charge is 2.29. The second-order valence-corrected chi connectivity index (χ2v) is 37.4. The van der Waals surface area contributed by atoms with Crippen molar-refractivity contribution in [3.05, 3.63) is 522 Å². The Morgan fingerprint density at radius 1 is 0.140 bits per heavy atom. The summed E-state index contributed by atoms with van der Waals surface area (Å²) in [6, 6.07) is 181. The van der Waals surface area contributed by atoms with E-state index in [0.717, 1.165) is 166 Å². The summed E-state index contributed by atoms with van der Waals surface area (Å²) in [4.78, 5) is 46.1. The van der Waals surface area contributed by atoms with Crippen LogP contribution in [0.5, 0.6) is 0 Å². The van der Waals surface area contributed by atoms with Gasteiger partial charge in [0.15, 0.2) is 40.8 Å². The molecule has 702 valence electrons. The van der Waals surface area contributed by atoms with Gasteiger partial charge in [-0.3, -0.25) is 9.13 Å². The number of nitrogens with zero attached hydrogens (tertiary/aromatic N) is 14. The van der Waals surface area contributed by atoms with E-state index in [1.54, 1.807) is 0 Å². The molecule has 9 heterocycles. The van der Waals surface area contributed by atoms with Crippen molar-refractivity contribution in [2.45, 2.75) is 0 Å². The molecule has 0 bridgehead atoms. The highest BCUT2D eigenvalue weighted by Crippen LogP contribution is 2.48. The lowest BCUT2D eigenvalue weighted by molar-refractivity contribution is 0.669. The van der Waals surface area contributed by atoms with E-state index in [4.69, 9.17) is 49.3 Å². The predicted octanol–water partition coefficient (Wildman–Crippen LogP) is 33.7. The van der Waals surface area contributed by atoms with Crippen molar-refractivity contribution in [3.8, 4) is 142 Å². The van der Waals surface area contributed by atoms with Gasteiger partial charge in [-0.15, -0.1) is 0 Å². The van der Waals surface area contributed by atoms with Gasteiger partial charge in [-0.25, -0.2) is 24.9 Å². The van der Waals surface area contributed by atoms with Crippen molar-refractivity contribution in [2.75, 3.05) is 0 Å². The fourth-order valence-electron chi connectivity index (χ4n) is 21.8. The lowest BCUT2D eigenvalue weighted by Gasteiger charge is -2.14. The van der Waals surface area contributed by atoms with Crippen LogP contribution in [-0.4, -0.2) is 67.7 Å². The number of aromatic nitrogens is 14. The third-order valence-electron chi connectivity index (χ3n) is 28.6. The molecule has 21 aromatic carbocycles. The summed E-state index contributed by atoms with van der Waals surface area (Å²) in [6.07, 6.45) is 0. The van der Waals surface area contributed by atoms with Gasteiger partial charge in [0, 0.05) is 121 Å². The first-order valence-corrected chi connectivity index (χ1v) is 50.3. The topological polar surface area (TPSA) is 154 Å². The van der Waals surface area contributed by atoms with Crippen molar-refractivity contribution in [3.63, 3.8) is 0 Å². The molecule has 0 amide bonds. The number of fused-ring (bicyclic) bond motifs is 20. The zero-order valence-electron chi connectivity index (χ0n) is 80.8. The first-order chi connectivity index (χ1) is 74.4. The number of para-hydroxylation sites is 7. The molecular weight excluding hydrogens is 1830 g/mol. The maximum atomic E-state index is 6.44. The van der Waals surface area contributed by atoms with Crippen LogP contribution in [0.3, 0.4) is 0 Å². The summed E-state index contributed by atoms with van der Waals surface area (Å²) in [5.41, 5.74) is 29.3. The Bertz CT molecular complexity index is 10300. The number of hydrogen-bond donors (Lipinski definition) is 0. The average molecular weight is 1920 g/mol. The van der Waals surface area contributed by atoms with E-state index < -0.39 is 0 Å². The summed E-state index contributed by atoms with van der Waals surface area (Å²) in [5.74, 6) is 5.50. The highest BCUT2D eigenvalue weighted by atomic mass is 16.3. The first-order valence-electron chi connectivity index (χ1n) is 50.3. The molecule has 9 aromatic heterocycles. The van der Waals surface area contributed by atoms with Crippen molar-refractivity contribution < 1.29 is 4.42 Å². The molecule has 0 saturated heterocycles. The van der Waals surface area contributed by atoms with Crippen molar-refractivity contribution in [2.24, 2.45) is 0 Å². The molecule has 0 unspecified atom stereocenters. The monoisotopic (exact) mass is 1920 g/mol. The largest absolute Gasteiger partial charge is 0.456 e. The van der Waals surface area contributed by atoms with Gasteiger partial charge in [-0.1, -0.05) is 419 Å². The van der Waals surface area contributed by atoms with Gasteiger partial charge in [-0.05, 0) is 137 Å². The van der Waals surface area contributed by atoms with Crippen LogP contribution >= 0.6 is 0 Å². The van der Waals surface area contributed by atoms with E-state index in [2.05, 4.69) is 411 Å². The van der Waals surface area contributed by atoms with Crippen molar-refractivity contribution in [1.29, 1.82) is 0 Å². The normalized spacial score (nSPS) is 11.6. The lowest BCUT2D eigenvalue weighted by Crippen LogP contribution is -2.07. The minimum atomic E-state index is 0.572. The SMILES string of the molecule is c1ccc(-c2cccc(-c3nc(-c4ccccc4)nc(-n4c5ccccc5c5ccc6c7ccccc7n(-c7ccccc7)c6c54)n3)c2)cc1.c1ccc(-c2cccc(-n3c4ccccc4c4ccc5c6ccccc6n(-c6nc(-c7ccccc7)nc(-c7ccccc7)n6)c5c43)c2)cc1.c1ccc(-c2nc(-c3ccccc3)nc(-c3cccc4oc5ccc(-c6ccc7c(c6)c6ccccc6n7-c6ccccc6)cc5c34)n2)cc1. The summed E-state index contributed by atoms with van der Waals surface area (Å²) >= 11 is 0. The highest BCUT2D eigenvalue weighted by molar-refractivity contribution is 6.26. The number of hydrogen-bond acceptors (Lipinski definition) is 10. The molecule has 0 saturated carbocycles. The fraction of sp³-hybridized carbons (Fsp3) is 0. The molecular formula is C135H86N14O. The Morgan fingerprint density at radius 2 is 0.413 bits per heavy atom. The third kappa shape index (κ3) is 15.3. The van der Waals surface area contributed by atoms with Gasteiger partial charge in [0.05, 0.1) is 55.2 Å². The smallest absolute Gasteiger partial charge is 0.238 e. The predicted molar refractivity (Wildman–Crippen MR) is 613 cm³/mol. The zero-order valence-corrected chi connectivity index (χ0v) is 80.8. The van der Waals surface area contributed by atoms with Crippen LogP contribution in [0.4, 0.5) is 0 Å². The van der Waals surface area contributed by atoms with Crippen LogP contribution in [0.25, 0.3) is 273 Å². The second kappa shape index (κ2) is 37.0. The molecule has 15 heteroatoms. The third-order valence-corrected chi connectivity index (χ3v) is 28.6. The number of furan rings is 1. The van der Waals surface area contributed by atoms with Crippen LogP contribution < -0.4 is 0 Å². The Morgan fingerprint density at radius 3 is 0.840 bits per heavy atom. The van der Waals surface area contributed by atoms with E-state index in [9.17, 15) is 0 Å². The molecule has 0 aliphatic heterocycles. The van der Waals surface area contributed by atoms with Gasteiger partial charge in [0.1, 0.15) is 11.2 Å². The standard InChI is InChI=1S/2C45H29N5.C45H28N4O/c1-4-15-30(16-5-1)32-19-14-20-33(29-32)44-46-43(31-17-6-2-7-18-31)47-45(48-44)50-40-26-13-11-24-36(40)38-28-27-37-35-23-10-12-25-39(35)49(41(37)42(38)50)34-21-8-3-9-22-34;1-4-15-30(16-5-1)33-21-14-22-34(29-33)49-39-25-12-10-23-35(39)37-27-28-38-36-24-11-13-26-40(36)50(42(38)41(37)49)45-47-43(31-17-6-2-7-18-31)46-44(48-45)32-19-8-3-9-20-32;1-4-13-29(14-5-1)43-46-44(30-15-6-2-7-16-30)48-45(47-43)35-20-12-22-41-42(35)37-28-32(24-26-40(37)50-41)31-23-25-39-36(27-31)34-19-10-11-21-38(34)49(39)33-17-8-3-9-18-33/h2*1-29H;1-28H. The molecule has 15 nitrogen and oxygen atoms in total. The quantitative estimate of drug-likeness (QED) is 0.0969. The zero-order chi connectivity index (χ0) is 99.1. The minimum absolute atomic E-state index is 0.572. The Labute approximate surface area is 860 Å². The average Bonchev–Trinajstić information content (AvgIpc) is 1.54. The molecule has 30 rings (SSSR count). The van der Waals surface area contributed by atoms with Crippen LogP contribution in [0.15, 0.2) is 526 Å². The van der Waals surface area contributed by atoms with Crippen LogP contribution in [0.1, 0.15) is 0 Å². The fourth-order valence-corrected chi connectivity index (χ4v) is 21.8. The van der Waals surface area contributed by atoms with E-state index in [1.165, 1.54) is 54.5 Å². The van der Waals surface area contributed by atoms with E-state index in [-0.39, 0.29) is 0 Å². The summed E-state index contributed by atoms with van der Waals surface area (Å²) in [7, 11) is 0. The Hall–Kier alpha value is -20.5. The molecule has 30 aromatic rings. The van der Waals surface area contributed by atoms with Gasteiger partial charge in [-0.2, -0.15) is 19.9 Å². The number of rotatable bonds is 15. The van der Waals surface area contributed by atoms with Crippen LogP contribution in [0, 0.1) is 0 Å². The van der Waals surface area contributed by atoms with Gasteiger partial charge in [0.2, 0.25) is 11.9 Å². The Balaban J connectivity index is 0.000000108. The molecule has 150 heavy (non-hydrogen) atoms. The maximum absolute atomic E-state index is 6.44. The van der Waals surface area contributed by atoms with Crippen LogP contribution in [-0.2, 0) is 0 Å². The molecule has 0 aliphatic rings. The summed E-state index contributed by atoms with van der Waals surface area (Å²) < 4.78 is 18.1. The van der Waals surface area contributed by atoms with Gasteiger partial charge in [0.25, 0.3) is 0 Å². The van der Waals surface area contributed by atoms with Crippen molar-refractivity contribution >= 4 is 131 Å². The molecule has 0 N–H and O–H groups in total. The van der Waals surface area contributed by atoms with Crippen molar-refractivity contribution in [1.82, 2.24) is 67.7 Å². The summed E-state index contributed by atoms with van der Waals surface area (Å²) in [5, 5.41) is 13.7. The van der Waals surface area contributed by atoms with Crippen LogP contribution in [0.2, 0.25) is 0 Å². The molecule has 0 aliphatic carbocycles. The molecule has 0 fully saturated rings. The molecule has 0 radical (unpaired) electrons. The van der Waals surface area contributed by atoms with E-state index >= 15 is 0 Å². The first kappa shape index (κ1) is 87.3. The summed E-state index contributed by atoms with van der Waals surface area (Å²) in [6.45, 7) is 0. The minimum Gasteiger partial charge on any atom is -0.456 e. The molecule has 0 spiro atoms. The second-order valence-electron chi connectivity index (χ2n) is 37.4.